The van der Waals surface area contributed by atoms with Crippen LogP contribution < -0.4 is 10.6 Å². The second-order valence-corrected chi connectivity index (χ2v) is 4.42. The van der Waals surface area contributed by atoms with Gasteiger partial charge in [0.15, 0.2) is 0 Å². The Kier molecular flexibility index (Phi) is 5.66. The van der Waals surface area contributed by atoms with Gasteiger partial charge < -0.3 is 15.7 Å². The van der Waals surface area contributed by atoms with Gasteiger partial charge in [0.25, 0.3) is 0 Å². The van der Waals surface area contributed by atoms with Crippen molar-refractivity contribution in [3.8, 4) is 0 Å². The van der Waals surface area contributed by atoms with Crippen LogP contribution in [0.4, 0.5) is 10.5 Å². The average molecular weight is 303 g/mol. The third-order valence-electron chi connectivity index (χ3n) is 2.21. The molecule has 0 fully saturated rings. The number of anilines is 1. The quantitative estimate of drug-likeness (QED) is 0.731. The van der Waals surface area contributed by atoms with Crippen molar-refractivity contribution in [3.63, 3.8) is 0 Å². The number of nitrogens with one attached hydrogen (secondary N) is 2. The number of urea groups is 1. The van der Waals surface area contributed by atoms with Gasteiger partial charge in [-0.25, -0.2) is 9.59 Å². The molecule has 0 spiro atoms. The number of hydrogen-bond acceptors (Lipinski definition) is 2. The van der Waals surface area contributed by atoms with Crippen molar-refractivity contribution in [1.82, 2.24) is 5.32 Å². The third kappa shape index (κ3) is 4.46. The molecule has 7 heteroatoms. The molecule has 1 aromatic carbocycles. The van der Waals surface area contributed by atoms with E-state index in [4.69, 9.17) is 28.3 Å². The summed E-state index contributed by atoms with van der Waals surface area (Å²) in [6, 6.07) is 2.98. The summed E-state index contributed by atoms with van der Waals surface area (Å²) < 4.78 is 0. The molecular formula is C12H12Cl2N2O3. The lowest BCUT2D eigenvalue weighted by atomic mass is 10.2. The van der Waals surface area contributed by atoms with Crippen LogP contribution in [0, 0.1) is 0 Å². The number of carboxylic acids is 1. The first-order chi connectivity index (χ1) is 8.95. The molecule has 0 aromatic heterocycles. The number of halogens is 2. The molecule has 1 aromatic rings. The monoisotopic (exact) mass is 302 g/mol. The fraction of sp³-hybridized carbons (Fsp3) is 0.167. The van der Waals surface area contributed by atoms with Crippen LogP contribution in [0.1, 0.15) is 6.42 Å². The Morgan fingerprint density at radius 2 is 1.95 bits per heavy atom. The van der Waals surface area contributed by atoms with Crippen molar-refractivity contribution in [2.45, 2.75) is 12.5 Å². The maximum Gasteiger partial charge on any atom is 0.326 e. The van der Waals surface area contributed by atoms with Crippen molar-refractivity contribution in [1.29, 1.82) is 0 Å². The number of benzene rings is 1. The highest BCUT2D eigenvalue weighted by atomic mass is 35.5. The van der Waals surface area contributed by atoms with Crippen LogP contribution in [-0.2, 0) is 4.79 Å². The summed E-state index contributed by atoms with van der Waals surface area (Å²) in [4.78, 5) is 22.5. The van der Waals surface area contributed by atoms with Gasteiger partial charge >= 0.3 is 12.0 Å². The standard InChI is InChI=1S/C12H12Cl2N2O3/c1-2-4-9(11(17)18)15-12(19)16-10-7(13)5-3-6-8(10)14/h2-3,5-6,9H,1,4H2,(H,17,18)(H2,15,16,19). The maximum absolute atomic E-state index is 11.7. The molecule has 1 unspecified atom stereocenters. The minimum atomic E-state index is -1.15. The van der Waals surface area contributed by atoms with Crippen LogP contribution in [0.15, 0.2) is 30.9 Å². The molecule has 3 N–H and O–H groups in total. The van der Waals surface area contributed by atoms with E-state index in [9.17, 15) is 9.59 Å². The molecule has 0 saturated carbocycles. The van der Waals surface area contributed by atoms with E-state index in [-0.39, 0.29) is 22.2 Å². The first kappa shape index (κ1) is 15.3. The van der Waals surface area contributed by atoms with Crippen LogP contribution in [0.3, 0.4) is 0 Å². The van der Waals surface area contributed by atoms with Gasteiger partial charge in [-0.05, 0) is 18.6 Å². The Hall–Kier alpha value is -1.72. The third-order valence-corrected chi connectivity index (χ3v) is 2.84. The van der Waals surface area contributed by atoms with Crippen molar-refractivity contribution < 1.29 is 14.7 Å². The van der Waals surface area contributed by atoms with E-state index in [2.05, 4.69) is 17.2 Å². The zero-order valence-corrected chi connectivity index (χ0v) is 11.3. The van der Waals surface area contributed by atoms with Crippen molar-refractivity contribution >= 4 is 40.9 Å². The lowest BCUT2D eigenvalue weighted by Crippen LogP contribution is -2.42. The summed E-state index contributed by atoms with van der Waals surface area (Å²) in [5.41, 5.74) is 0.228. The van der Waals surface area contributed by atoms with Gasteiger partial charge in [0.05, 0.1) is 15.7 Å². The molecule has 0 aliphatic rings. The van der Waals surface area contributed by atoms with E-state index in [0.29, 0.717) is 0 Å². The Morgan fingerprint density at radius 3 is 2.42 bits per heavy atom. The van der Waals surface area contributed by atoms with Gasteiger partial charge in [-0.3, -0.25) is 0 Å². The van der Waals surface area contributed by atoms with E-state index < -0.39 is 18.0 Å². The van der Waals surface area contributed by atoms with Crippen molar-refractivity contribution in [2.75, 3.05) is 5.32 Å². The van der Waals surface area contributed by atoms with Gasteiger partial charge in [-0.1, -0.05) is 35.3 Å². The molecule has 1 atom stereocenters. The summed E-state index contributed by atoms with van der Waals surface area (Å²) in [7, 11) is 0. The first-order valence-electron chi connectivity index (χ1n) is 5.31. The normalized spacial score (nSPS) is 11.5. The van der Waals surface area contributed by atoms with Crippen LogP contribution in [0.25, 0.3) is 0 Å². The topological polar surface area (TPSA) is 78.4 Å². The summed E-state index contributed by atoms with van der Waals surface area (Å²) >= 11 is 11.7. The molecule has 2 amide bonds. The largest absolute Gasteiger partial charge is 0.480 e. The summed E-state index contributed by atoms with van der Waals surface area (Å²) in [5, 5.41) is 14.1. The van der Waals surface area contributed by atoms with Crippen LogP contribution in [0.2, 0.25) is 10.0 Å². The van der Waals surface area contributed by atoms with Gasteiger partial charge in [0.2, 0.25) is 0 Å². The van der Waals surface area contributed by atoms with Crippen molar-refractivity contribution in [2.24, 2.45) is 0 Å². The molecule has 19 heavy (non-hydrogen) atoms. The van der Waals surface area contributed by atoms with Gasteiger partial charge in [0.1, 0.15) is 6.04 Å². The Morgan fingerprint density at radius 1 is 1.37 bits per heavy atom. The number of hydrogen-bond donors (Lipinski definition) is 3. The second-order valence-electron chi connectivity index (χ2n) is 3.61. The molecule has 5 nitrogen and oxygen atoms in total. The molecular weight excluding hydrogens is 291 g/mol. The number of amides is 2. The molecule has 0 heterocycles. The van der Waals surface area contributed by atoms with Crippen LogP contribution >= 0.6 is 23.2 Å². The molecule has 102 valence electrons. The van der Waals surface area contributed by atoms with Gasteiger partial charge in [-0.2, -0.15) is 0 Å². The number of rotatable bonds is 5. The summed E-state index contributed by atoms with van der Waals surface area (Å²) in [6.07, 6.45) is 1.51. The van der Waals surface area contributed by atoms with E-state index in [0.717, 1.165) is 0 Å². The number of carbonyl (C=O) groups is 2. The molecule has 0 radical (unpaired) electrons. The number of carboxylic acid groups (broad SMARTS) is 1. The highest BCUT2D eigenvalue weighted by Gasteiger charge is 2.19. The Bertz CT molecular complexity index is 485. The highest BCUT2D eigenvalue weighted by molar-refractivity contribution is 6.39. The smallest absolute Gasteiger partial charge is 0.326 e. The fourth-order valence-corrected chi connectivity index (χ4v) is 1.81. The van der Waals surface area contributed by atoms with Crippen LogP contribution in [-0.4, -0.2) is 23.1 Å². The summed E-state index contributed by atoms with van der Waals surface area (Å²) in [6.45, 7) is 3.43. The minimum absolute atomic E-state index is 0.110. The minimum Gasteiger partial charge on any atom is -0.480 e. The van der Waals surface area contributed by atoms with Gasteiger partial charge in [-0.15, -0.1) is 6.58 Å². The van der Waals surface area contributed by atoms with E-state index >= 15 is 0 Å². The summed E-state index contributed by atoms with van der Waals surface area (Å²) in [5.74, 6) is -1.15. The number of para-hydroxylation sites is 1. The molecule has 0 bridgehead atoms. The van der Waals surface area contributed by atoms with Gasteiger partial charge in [0, 0.05) is 0 Å². The van der Waals surface area contributed by atoms with E-state index in [1.165, 1.54) is 6.08 Å². The Labute approximate surface area is 120 Å². The zero-order valence-electron chi connectivity index (χ0n) is 9.82. The van der Waals surface area contributed by atoms with E-state index in [1.807, 2.05) is 0 Å². The van der Waals surface area contributed by atoms with E-state index in [1.54, 1.807) is 18.2 Å². The lowest BCUT2D eigenvalue weighted by Gasteiger charge is -2.14. The first-order valence-corrected chi connectivity index (χ1v) is 6.06. The van der Waals surface area contributed by atoms with Crippen LogP contribution in [0.5, 0.6) is 0 Å². The predicted octanol–water partition coefficient (Wildman–Crippen LogP) is 3.14. The Balaban J connectivity index is 2.74. The second kappa shape index (κ2) is 7.01. The molecule has 1 rings (SSSR count). The van der Waals surface area contributed by atoms with Crippen molar-refractivity contribution in [3.05, 3.63) is 40.9 Å². The zero-order chi connectivity index (χ0) is 14.4. The highest BCUT2D eigenvalue weighted by Crippen LogP contribution is 2.29. The average Bonchev–Trinajstić information content (AvgIpc) is 2.33. The number of carbonyl (C=O) groups excluding carboxylic acids is 1. The SMILES string of the molecule is C=CCC(NC(=O)Nc1c(Cl)cccc1Cl)C(=O)O. The molecule has 0 aliphatic carbocycles. The maximum atomic E-state index is 11.7. The number of aliphatic carboxylic acids is 1. The molecule has 0 aliphatic heterocycles. The fourth-order valence-electron chi connectivity index (χ4n) is 1.31. The lowest BCUT2D eigenvalue weighted by molar-refractivity contribution is -0.139. The molecule has 0 saturated heterocycles. The predicted molar refractivity (Wildman–Crippen MR) is 74.9 cm³/mol.